The smallest absolute Gasteiger partial charge is 0.0514 e. The Balaban J connectivity index is 0.862. The Morgan fingerprint density at radius 1 is 0.567 bits per heavy atom. The molecule has 0 N–H and O–H groups in total. The van der Waals surface area contributed by atoms with E-state index in [0.29, 0.717) is 35.9 Å². The monoisotopic (exact) mass is 784 g/mol. The average molecular weight is 785 g/mol. The van der Waals surface area contributed by atoms with Gasteiger partial charge in [0.25, 0.3) is 0 Å². The maximum atomic E-state index is 2.83. The molecule has 0 bridgehead atoms. The van der Waals surface area contributed by atoms with Gasteiger partial charge in [0, 0.05) is 45.8 Å². The van der Waals surface area contributed by atoms with Crippen molar-refractivity contribution in [2.45, 2.75) is 114 Å². The average Bonchev–Trinajstić information content (AvgIpc) is 3.67. The quantitative estimate of drug-likeness (QED) is 0.142. The normalized spacial score (nSPS) is 25.8. The first-order valence-corrected chi connectivity index (χ1v) is 23.5. The summed E-state index contributed by atoms with van der Waals surface area (Å²) in [5, 5.41) is 1.44. The number of nitrogens with zero attached hydrogens (tertiary/aromatic N) is 2. The number of aromatic nitrogens is 1. The van der Waals surface area contributed by atoms with Gasteiger partial charge in [-0.15, -0.1) is 0 Å². The van der Waals surface area contributed by atoms with Crippen LogP contribution < -0.4 is 4.90 Å². The highest BCUT2D eigenvalue weighted by atomic mass is 15.2. The molecular formula is C58H60N2. The van der Waals surface area contributed by atoms with E-state index in [1.54, 1.807) is 5.69 Å². The van der Waals surface area contributed by atoms with Crippen molar-refractivity contribution in [3.8, 4) is 11.1 Å². The number of aryl methyl sites for hydroxylation is 1. The van der Waals surface area contributed by atoms with Crippen molar-refractivity contribution in [3.05, 3.63) is 179 Å². The van der Waals surface area contributed by atoms with Gasteiger partial charge >= 0.3 is 0 Å². The minimum atomic E-state index is 0.341. The molecule has 0 amide bonds. The van der Waals surface area contributed by atoms with Gasteiger partial charge in [-0.3, -0.25) is 0 Å². The van der Waals surface area contributed by atoms with Crippen molar-refractivity contribution < 1.29 is 0 Å². The van der Waals surface area contributed by atoms with Gasteiger partial charge < -0.3 is 9.47 Å². The summed E-state index contributed by atoms with van der Waals surface area (Å²) < 4.78 is 2.82. The molecule has 2 nitrogen and oxygen atoms in total. The molecular weight excluding hydrogens is 725 g/mol. The third kappa shape index (κ3) is 7.10. The zero-order valence-corrected chi connectivity index (χ0v) is 35.3. The molecule has 0 saturated heterocycles. The molecule has 1 aromatic heterocycles. The SMILES string of the molecule is C1=Cc2c(cccc2C2=CCC(N(c3ccc(-c4ccc(C5CC=CCC5)cc4)cc3)C3CCC(C4C=CCCC4n4c5c(c6ccccc64)C=CCC5)CC3)C=C2)CC1. The van der Waals surface area contributed by atoms with Gasteiger partial charge in [-0.05, 0) is 159 Å². The Morgan fingerprint density at radius 3 is 2.15 bits per heavy atom. The first kappa shape index (κ1) is 37.6. The highest BCUT2D eigenvalue weighted by Crippen LogP contribution is 2.47. The van der Waals surface area contributed by atoms with E-state index >= 15 is 0 Å². The molecule has 6 aliphatic rings. The van der Waals surface area contributed by atoms with E-state index in [1.165, 1.54) is 119 Å². The van der Waals surface area contributed by atoms with Crippen LogP contribution in [0.1, 0.15) is 123 Å². The van der Waals surface area contributed by atoms with Gasteiger partial charge in [-0.1, -0.05) is 140 Å². The molecule has 4 unspecified atom stereocenters. The fourth-order valence-electron chi connectivity index (χ4n) is 12.2. The summed E-state index contributed by atoms with van der Waals surface area (Å²) in [6.07, 6.45) is 43.6. The van der Waals surface area contributed by atoms with Crippen LogP contribution in [0, 0.1) is 11.8 Å². The van der Waals surface area contributed by atoms with Crippen molar-refractivity contribution >= 4 is 34.3 Å². The number of para-hydroxylation sites is 1. The predicted molar refractivity (Wildman–Crippen MR) is 255 cm³/mol. The number of fused-ring (bicyclic) bond motifs is 4. The van der Waals surface area contributed by atoms with E-state index in [4.69, 9.17) is 0 Å². The second-order valence-corrected chi connectivity index (χ2v) is 18.6. The van der Waals surface area contributed by atoms with Crippen LogP contribution in [0.4, 0.5) is 5.69 Å². The van der Waals surface area contributed by atoms with Crippen LogP contribution in [0.2, 0.25) is 0 Å². The lowest BCUT2D eigenvalue weighted by molar-refractivity contribution is 0.193. The lowest BCUT2D eigenvalue weighted by Gasteiger charge is -2.45. The Morgan fingerprint density at radius 2 is 1.35 bits per heavy atom. The zero-order valence-electron chi connectivity index (χ0n) is 35.3. The first-order valence-electron chi connectivity index (χ1n) is 23.5. The summed E-state index contributed by atoms with van der Waals surface area (Å²) in [5.41, 5.74) is 15.7. The fraction of sp³-hybridized carbons (Fsp3) is 0.345. The minimum absolute atomic E-state index is 0.341. The molecule has 1 heterocycles. The third-order valence-corrected chi connectivity index (χ3v) is 15.3. The van der Waals surface area contributed by atoms with Gasteiger partial charge in [0.15, 0.2) is 0 Å². The number of rotatable bonds is 8. The van der Waals surface area contributed by atoms with Crippen LogP contribution in [-0.4, -0.2) is 16.7 Å². The number of hydrogen-bond donors (Lipinski definition) is 0. The van der Waals surface area contributed by atoms with Gasteiger partial charge in [0.1, 0.15) is 0 Å². The predicted octanol–water partition coefficient (Wildman–Crippen LogP) is 15.0. The van der Waals surface area contributed by atoms with E-state index in [9.17, 15) is 0 Å². The van der Waals surface area contributed by atoms with Crippen molar-refractivity contribution in [2.24, 2.45) is 11.8 Å². The molecule has 4 aromatic carbocycles. The Kier molecular flexibility index (Phi) is 10.4. The molecule has 5 aromatic rings. The van der Waals surface area contributed by atoms with E-state index < -0.39 is 0 Å². The number of allylic oxidation sites excluding steroid dienone is 8. The van der Waals surface area contributed by atoms with Crippen molar-refractivity contribution in [2.75, 3.05) is 4.90 Å². The number of benzene rings is 4. The van der Waals surface area contributed by atoms with Crippen molar-refractivity contribution in [1.29, 1.82) is 0 Å². The second kappa shape index (κ2) is 16.6. The summed E-state index contributed by atoms with van der Waals surface area (Å²) in [5.74, 6) is 1.96. The molecule has 0 aliphatic heterocycles. The highest BCUT2D eigenvalue weighted by Gasteiger charge is 2.38. The summed E-state index contributed by atoms with van der Waals surface area (Å²) in [6.45, 7) is 0. The molecule has 1 fully saturated rings. The Hall–Kier alpha value is -5.34. The molecule has 0 spiro atoms. The maximum absolute atomic E-state index is 2.83. The topological polar surface area (TPSA) is 8.17 Å². The molecule has 4 atom stereocenters. The molecule has 2 heteroatoms. The molecule has 302 valence electrons. The molecule has 11 rings (SSSR count). The summed E-state index contributed by atoms with van der Waals surface area (Å²) in [6, 6.07) is 36.6. The second-order valence-electron chi connectivity index (χ2n) is 18.6. The summed E-state index contributed by atoms with van der Waals surface area (Å²) in [4.78, 5) is 2.83. The van der Waals surface area contributed by atoms with Crippen LogP contribution >= 0.6 is 0 Å². The lowest BCUT2D eigenvalue weighted by Crippen LogP contribution is -2.45. The summed E-state index contributed by atoms with van der Waals surface area (Å²) in [7, 11) is 0. The first-order chi connectivity index (χ1) is 29.8. The summed E-state index contributed by atoms with van der Waals surface area (Å²) >= 11 is 0. The van der Waals surface area contributed by atoms with Crippen LogP contribution in [-0.2, 0) is 12.8 Å². The largest absolute Gasteiger partial charge is 0.362 e. The van der Waals surface area contributed by atoms with Crippen LogP contribution in [0.5, 0.6) is 0 Å². The van der Waals surface area contributed by atoms with Gasteiger partial charge in [-0.2, -0.15) is 0 Å². The van der Waals surface area contributed by atoms with E-state index in [2.05, 4.69) is 167 Å². The minimum Gasteiger partial charge on any atom is -0.362 e. The third-order valence-electron chi connectivity index (χ3n) is 15.3. The maximum Gasteiger partial charge on any atom is 0.0514 e. The molecule has 6 aliphatic carbocycles. The van der Waals surface area contributed by atoms with Gasteiger partial charge in [0.05, 0.1) is 6.04 Å². The van der Waals surface area contributed by atoms with E-state index in [-0.39, 0.29) is 0 Å². The lowest BCUT2D eigenvalue weighted by atomic mass is 9.72. The van der Waals surface area contributed by atoms with Crippen molar-refractivity contribution in [3.63, 3.8) is 0 Å². The molecule has 0 radical (unpaired) electrons. The fourth-order valence-corrected chi connectivity index (χ4v) is 12.2. The standard InChI is InChI=1S/C58H60N2/c1-2-13-41(14-3-1)42-25-27-43(28-26-42)44-29-35-48(36-30-44)59(49-37-31-46(32-38-49)52-21-12-16-45-15-4-5-17-51(45)52)50-39-33-47(34-40-50)53-18-6-9-22-56(53)60-57-23-10-7-19-54(57)55-20-8-11-24-58(55)60/h1-2,5-8,10,12,16-21,23,25-32,35-37,41,47,49-50,53,56H,3-4,9,11,13-15,22,24,33-34,38-40H2. The van der Waals surface area contributed by atoms with E-state index in [0.717, 1.165) is 32.1 Å². The van der Waals surface area contributed by atoms with Gasteiger partial charge in [-0.25, -0.2) is 0 Å². The molecule has 60 heavy (non-hydrogen) atoms. The van der Waals surface area contributed by atoms with Crippen LogP contribution in [0.3, 0.4) is 0 Å². The van der Waals surface area contributed by atoms with Crippen molar-refractivity contribution in [1.82, 2.24) is 4.57 Å². The zero-order chi connectivity index (χ0) is 39.8. The number of hydrogen-bond acceptors (Lipinski definition) is 1. The Labute approximate surface area is 358 Å². The van der Waals surface area contributed by atoms with Crippen LogP contribution in [0.25, 0.3) is 39.8 Å². The Bertz CT molecular complexity index is 2530. The number of anilines is 1. The van der Waals surface area contributed by atoms with Crippen LogP contribution in [0.15, 0.2) is 146 Å². The highest BCUT2D eigenvalue weighted by molar-refractivity contribution is 5.92. The van der Waals surface area contributed by atoms with Gasteiger partial charge in [0.2, 0.25) is 0 Å². The van der Waals surface area contributed by atoms with E-state index in [1.807, 2.05) is 0 Å². The molecule has 1 saturated carbocycles.